The van der Waals surface area contributed by atoms with Crippen LogP contribution >= 0.6 is 11.6 Å². The van der Waals surface area contributed by atoms with Gasteiger partial charge in [0.05, 0.1) is 6.33 Å². The van der Waals surface area contributed by atoms with Crippen LogP contribution in [0.3, 0.4) is 0 Å². The molecule has 0 aliphatic heterocycles. The third-order valence-corrected chi connectivity index (χ3v) is 5.66. The van der Waals surface area contributed by atoms with Gasteiger partial charge in [0.2, 0.25) is 5.03 Å². The molecule has 5 nitrogen and oxygen atoms in total. The fourth-order valence-corrected chi connectivity index (χ4v) is 4.00. The Morgan fingerprint density at radius 1 is 1.29 bits per heavy atom. The first-order chi connectivity index (χ1) is 9.84. The van der Waals surface area contributed by atoms with Gasteiger partial charge in [-0.05, 0) is 19.4 Å². The van der Waals surface area contributed by atoms with Crippen LogP contribution in [0, 0.1) is 0 Å². The van der Waals surface area contributed by atoms with Crippen molar-refractivity contribution in [2.45, 2.75) is 31.5 Å². The number of nitrogens with zero attached hydrogens (tertiary/aromatic N) is 3. The molecule has 114 valence electrons. The van der Waals surface area contributed by atoms with E-state index in [1.54, 1.807) is 7.05 Å². The number of sulfonamides is 1. The van der Waals surface area contributed by atoms with Crippen molar-refractivity contribution in [3.63, 3.8) is 0 Å². The Hall–Kier alpha value is -1.37. The van der Waals surface area contributed by atoms with E-state index in [1.165, 1.54) is 15.2 Å². The summed E-state index contributed by atoms with van der Waals surface area (Å²) in [5, 5.41) is 0.0185. The predicted octanol–water partition coefficient (Wildman–Crippen LogP) is 2.67. The molecule has 0 fully saturated rings. The molecule has 2 aromatic rings. The molecule has 1 aromatic heterocycles. The van der Waals surface area contributed by atoms with E-state index < -0.39 is 10.0 Å². The fourth-order valence-electron chi connectivity index (χ4n) is 1.99. The monoisotopic (exact) mass is 327 g/mol. The van der Waals surface area contributed by atoms with Gasteiger partial charge in [0.25, 0.3) is 10.0 Å². The van der Waals surface area contributed by atoms with E-state index in [2.05, 4.69) is 4.98 Å². The van der Waals surface area contributed by atoms with Crippen LogP contribution in [0.2, 0.25) is 5.15 Å². The van der Waals surface area contributed by atoms with E-state index in [0.717, 1.165) is 5.56 Å². The summed E-state index contributed by atoms with van der Waals surface area (Å²) < 4.78 is 28.4. The summed E-state index contributed by atoms with van der Waals surface area (Å²) in [6, 6.07) is 9.25. The van der Waals surface area contributed by atoms with Gasteiger partial charge in [-0.2, -0.15) is 4.31 Å². The molecule has 0 unspecified atom stereocenters. The largest absolute Gasteiger partial charge is 0.324 e. The van der Waals surface area contributed by atoms with Crippen LogP contribution in [0.1, 0.15) is 19.4 Å². The Balaban J connectivity index is 2.40. The Kier molecular flexibility index (Phi) is 4.70. The van der Waals surface area contributed by atoms with Gasteiger partial charge in [0.15, 0.2) is 0 Å². The van der Waals surface area contributed by atoms with Gasteiger partial charge in [0.1, 0.15) is 5.15 Å². The van der Waals surface area contributed by atoms with Crippen molar-refractivity contribution < 1.29 is 8.42 Å². The highest BCUT2D eigenvalue weighted by atomic mass is 35.5. The third kappa shape index (κ3) is 3.28. The van der Waals surface area contributed by atoms with Crippen LogP contribution in [-0.2, 0) is 23.6 Å². The second kappa shape index (κ2) is 6.17. The number of hydrogen-bond donors (Lipinski definition) is 0. The first-order valence-corrected chi connectivity index (χ1v) is 8.38. The zero-order valence-electron chi connectivity index (χ0n) is 12.2. The van der Waals surface area contributed by atoms with Crippen LogP contribution in [-0.4, -0.2) is 28.3 Å². The summed E-state index contributed by atoms with van der Waals surface area (Å²) in [5.41, 5.74) is 0.918. The molecule has 7 heteroatoms. The van der Waals surface area contributed by atoms with E-state index in [4.69, 9.17) is 11.6 Å². The van der Waals surface area contributed by atoms with Crippen molar-refractivity contribution in [1.82, 2.24) is 13.9 Å². The maximum Gasteiger partial charge on any atom is 0.264 e. The minimum Gasteiger partial charge on any atom is -0.324 e. The molecule has 1 aromatic carbocycles. The summed E-state index contributed by atoms with van der Waals surface area (Å²) in [6.07, 6.45) is 1.40. The van der Waals surface area contributed by atoms with Crippen LogP contribution in [0.15, 0.2) is 41.7 Å². The smallest absolute Gasteiger partial charge is 0.264 e. The number of imidazole rings is 1. The van der Waals surface area contributed by atoms with E-state index in [-0.39, 0.29) is 22.8 Å². The quantitative estimate of drug-likeness (QED) is 0.848. The van der Waals surface area contributed by atoms with Gasteiger partial charge in [-0.25, -0.2) is 13.4 Å². The standard InChI is InChI=1S/C14H18ClN3O2S/c1-11(2)18(9-12-7-5-4-6-8-12)21(19,20)14-13(15)17(3)10-16-14/h4-8,10-11H,9H2,1-3H3. The van der Waals surface area contributed by atoms with Crippen LogP contribution < -0.4 is 0 Å². The molecule has 0 radical (unpaired) electrons. The highest BCUT2D eigenvalue weighted by Crippen LogP contribution is 2.25. The summed E-state index contributed by atoms with van der Waals surface area (Å²) in [7, 11) is -2.08. The third-order valence-electron chi connectivity index (χ3n) is 3.14. The van der Waals surface area contributed by atoms with E-state index >= 15 is 0 Å². The van der Waals surface area contributed by atoms with Gasteiger partial charge in [-0.3, -0.25) is 0 Å². The summed E-state index contributed by atoms with van der Waals surface area (Å²) in [6.45, 7) is 3.95. The Labute approximate surface area is 130 Å². The van der Waals surface area contributed by atoms with Crippen LogP contribution in [0.25, 0.3) is 0 Å². The van der Waals surface area contributed by atoms with E-state index in [9.17, 15) is 8.42 Å². The molecule has 0 saturated carbocycles. The van der Waals surface area contributed by atoms with Crippen molar-refractivity contribution in [1.29, 1.82) is 0 Å². The lowest BCUT2D eigenvalue weighted by molar-refractivity contribution is 0.347. The maximum absolute atomic E-state index is 12.8. The second-order valence-electron chi connectivity index (χ2n) is 5.08. The Morgan fingerprint density at radius 3 is 2.38 bits per heavy atom. The molecule has 0 N–H and O–H groups in total. The molecule has 0 atom stereocenters. The lowest BCUT2D eigenvalue weighted by atomic mass is 10.2. The highest BCUT2D eigenvalue weighted by Gasteiger charge is 2.31. The van der Waals surface area contributed by atoms with E-state index in [1.807, 2.05) is 44.2 Å². The van der Waals surface area contributed by atoms with Gasteiger partial charge in [-0.1, -0.05) is 41.9 Å². The number of aryl methyl sites for hydroxylation is 1. The minimum absolute atomic E-state index is 0.101. The average molecular weight is 328 g/mol. The van der Waals surface area contributed by atoms with Crippen molar-refractivity contribution >= 4 is 21.6 Å². The van der Waals surface area contributed by atoms with Crippen molar-refractivity contribution in [3.05, 3.63) is 47.4 Å². The zero-order valence-corrected chi connectivity index (χ0v) is 13.8. The molecule has 0 aliphatic carbocycles. The molecule has 1 heterocycles. The summed E-state index contributed by atoms with van der Waals surface area (Å²) in [4.78, 5) is 3.93. The molecule has 0 spiro atoms. The molecule has 0 bridgehead atoms. The van der Waals surface area contributed by atoms with Gasteiger partial charge in [-0.15, -0.1) is 0 Å². The molecule has 21 heavy (non-hydrogen) atoms. The summed E-state index contributed by atoms with van der Waals surface area (Å²) in [5.74, 6) is 0. The predicted molar refractivity (Wildman–Crippen MR) is 82.5 cm³/mol. The second-order valence-corrected chi connectivity index (χ2v) is 7.24. The molecular weight excluding hydrogens is 310 g/mol. The summed E-state index contributed by atoms with van der Waals surface area (Å²) >= 11 is 6.04. The normalized spacial score (nSPS) is 12.3. The Morgan fingerprint density at radius 2 is 1.90 bits per heavy atom. The van der Waals surface area contributed by atoms with Gasteiger partial charge < -0.3 is 4.57 Å². The highest BCUT2D eigenvalue weighted by molar-refractivity contribution is 7.89. The van der Waals surface area contributed by atoms with E-state index in [0.29, 0.717) is 0 Å². The first-order valence-electron chi connectivity index (χ1n) is 6.56. The topological polar surface area (TPSA) is 55.2 Å². The van der Waals surface area contributed by atoms with Gasteiger partial charge >= 0.3 is 0 Å². The van der Waals surface area contributed by atoms with Crippen LogP contribution in [0.4, 0.5) is 0 Å². The Bertz CT molecular complexity index is 711. The lowest BCUT2D eigenvalue weighted by Gasteiger charge is -2.25. The first kappa shape index (κ1) is 16.0. The fraction of sp³-hybridized carbons (Fsp3) is 0.357. The number of hydrogen-bond acceptors (Lipinski definition) is 3. The molecule has 2 rings (SSSR count). The number of aromatic nitrogens is 2. The van der Waals surface area contributed by atoms with Crippen molar-refractivity contribution in [2.24, 2.45) is 7.05 Å². The maximum atomic E-state index is 12.8. The van der Waals surface area contributed by atoms with Crippen molar-refractivity contribution in [3.8, 4) is 0 Å². The van der Waals surface area contributed by atoms with Crippen LogP contribution in [0.5, 0.6) is 0 Å². The van der Waals surface area contributed by atoms with Gasteiger partial charge in [0, 0.05) is 19.6 Å². The molecule has 0 amide bonds. The minimum atomic E-state index is -3.74. The zero-order chi connectivity index (χ0) is 15.6. The lowest BCUT2D eigenvalue weighted by Crippen LogP contribution is -2.36. The average Bonchev–Trinajstić information content (AvgIpc) is 2.77. The number of rotatable bonds is 5. The molecular formula is C14H18ClN3O2S. The number of halogens is 1. The SMILES string of the molecule is CC(C)N(Cc1ccccc1)S(=O)(=O)c1ncn(C)c1Cl. The molecule has 0 saturated heterocycles. The van der Waals surface area contributed by atoms with Crippen molar-refractivity contribution in [2.75, 3.05) is 0 Å². The number of benzene rings is 1. The molecule has 0 aliphatic rings.